The van der Waals surface area contributed by atoms with Gasteiger partial charge in [0.05, 0.1) is 7.11 Å². The third-order valence-electron chi connectivity index (χ3n) is 1.91. The summed E-state index contributed by atoms with van der Waals surface area (Å²) in [6.45, 7) is 0. The first-order valence-corrected chi connectivity index (χ1v) is 4.68. The molecule has 82 valence electrons. The Balaban J connectivity index is 2.20. The third kappa shape index (κ3) is 2.38. The lowest BCUT2D eigenvalue weighted by Crippen LogP contribution is -1.95. The molecule has 0 fully saturated rings. The fraction of sp³-hybridized carbons (Fsp3) is 0.0909. The summed E-state index contributed by atoms with van der Waals surface area (Å²) in [5, 5.41) is 0. The molecule has 5 nitrogen and oxygen atoms in total. The van der Waals surface area contributed by atoms with E-state index in [-0.39, 0.29) is 6.01 Å². The Bertz CT molecular complexity index is 488. The van der Waals surface area contributed by atoms with Crippen LogP contribution in [0.15, 0.2) is 36.5 Å². The maximum atomic E-state index is 5.51. The number of nitrogens with zero attached hydrogens (tertiary/aromatic N) is 2. The highest BCUT2D eigenvalue weighted by atomic mass is 16.5. The summed E-state index contributed by atoms with van der Waals surface area (Å²) >= 11 is 0. The first-order chi connectivity index (χ1) is 7.78. The van der Waals surface area contributed by atoms with Crippen LogP contribution < -0.4 is 15.2 Å². The average molecular weight is 217 g/mol. The van der Waals surface area contributed by atoms with Gasteiger partial charge in [0, 0.05) is 12.3 Å². The van der Waals surface area contributed by atoms with Crippen LogP contribution in [0.2, 0.25) is 0 Å². The second-order valence-corrected chi connectivity index (χ2v) is 3.05. The van der Waals surface area contributed by atoms with E-state index in [1.54, 1.807) is 25.3 Å². The number of nitrogen functional groups attached to an aromatic ring is 1. The Labute approximate surface area is 92.9 Å². The topological polar surface area (TPSA) is 70.3 Å². The van der Waals surface area contributed by atoms with Crippen LogP contribution in [-0.2, 0) is 0 Å². The second-order valence-electron chi connectivity index (χ2n) is 3.05. The van der Waals surface area contributed by atoms with Crippen molar-refractivity contribution < 1.29 is 9.47 Å². The van der Waals surface area contributed by atoms with Gasteiger partial charge in [0.2, 0.25) is 0 Å². The molecule has 1 aromatic carbocycles. The lowest BCUT2D eigenvalue weighted by atomic mass is 10.3. The molecule has 0 amide bonds. The fourth-order valence-corrected chi connectivity index (χ4v) is 1.17. The van der Waals surface area contributed by atoms with Gasteiger partial charge in [-0.2, -0.15) is 4.98 Å². The van der Waals surface area contributed by atoms with Gasteiger partial charge >= 0.3 is 6.01 Å². The lowest BCUT2D eigenvalue weighted by molar-refractivity contribution is 0.404. The molecule has 5 heteroatoms. The second kappa shape index (κ2) is 4.48. The van der Waals surface area contributed by atoms with Crippen molar-refractivity contribution in [2.45, 2.75) is 0 Å². The fourth-order valence-electron chi connectivity index (χ4n) is 1.17. The number of anilines is 1. The summed E-state index contributed by atoms with van der Waals surface area (Å²) in [7, 11) is 1.59. The molecule has 0 aliphatic carbocycles. The predicted molar refractivity (Wildman–Crippen MR) is 59.5 cm³/mol. The van der Waals surface area contributed by atoms with Gasteiger partial charge in [-0.1, -0.05) is 6.07 Å². The van der Waals surface area contributed by atoms with E-state index in [9.17, 15) is 0 Å². The highest BCUT2D eigenvalue weighted by molar-refractivity contribution is 5.35. The van der Waals surface area contributed by atoms with Crippen molar-refractivity contribution >= 4 is 5.82 Å². The van der Waals surface area contributed by atoms with Crippen molar-refractivity contribution in [3.63, 3.8) is 0 Å². The summed E-state index contributed by atoms with van der Waals surface area (Å²) in [5.41, 5.74) is 5.51. The molecule has 0 unspecified atom stereocenters. The van der Waals surface area contributed by atoms with Crippen LogP contribution in [0.3, 0.4) is 0 Å². The molecule has 0 atom stereocenters. The largest absolute Gasteiger partial charge is 0.497 e. The smallest absolute Gasteiger partial charge is 0.323 e. The predicted octanol–water partition coefficient (Wildman–Crippen LogP) is 1.86. The number of ether oxygens (including phenoxy) is 2. The van der Waals surface area contributed by atoms with Gasteiger partial charge in [0.25, 0.3) is 0 Å². The molecule has 1 aromatic heterocycles. The first kappa shape index (κ1) is 10.2. The van der Waals surface area contributed by atoms with E-state index in [0.29, 0.717) is 17.3 Å². The molecule has 0 radical (unpaired) electrons. The monoisotopic (exact) mass is 217 g/mol. The Morgan fingerprint density at radius 2 is 2.00 bits per heavy atom. The number of hydrogen-bond donors (Lipinski definition) is 1. The van der Waals surface area contributed by atoms with Crippen LogP contribution in [0.1, 0.15) is 0 Å². The van der Waals surface area contributed by atoms with Crippen molar-refractivity contribution in [1.82, 2.24) is 9.97 Å². The summed E-state index contributed by atoms with van der Waals surface area (Å²) in [4.78, 5) is 7.86. The SMILES string of the molecule is COc1cccc(Oc2nccc(N)n2)c1. The number of benzene rings is 1. The van der Waals surface area contributed by atoms with E-state index < -0.39 is 0 Å². The quantitative estimate of drug-likeness (QED) is 0.849. The summed E-state index contributed by atoms with van der Waals surface area (Å²) in [6, 6.07) is 8.99. The van der Waals surface area contributed by atoms with Gasteiger partial charge < -0.3 is 15.2 Å². The normalized spacial score (nSPS) is 9.81. The Morgan fingerprint density at radius 1 is 1.19 bits per heavy atom. The van der Waals surface area contributed by atoms with Crippen molar-refractivity contribution in [1.29, 1.82) is 0 Å². The summed E-state index contributed by atoms with van der Waals surface area (Å²) in [6.07, 6.45) is 1.54. The van der Waals surface area contributed by atoms with Crippen LogP contribution in [0.5, 0.6) is 17.5 Å². The van der Waals surface area contributed by atoms with Gasteiger partial charge in [0.1, 0.15) is 17.3 Å². The lowest BCUT2D eigenvalue weighted by Gasteiger charge is -2.05. The van der Waals surface area contributed by atoms with Crippen molar-refractivity contribution in [3.05, 3.63) is 36.5 Å². The average Bonchev–Trinajstić information content (AvgIpc) is 2.29. The zero-order valence-corrected chi connectivity index (χ0v) is 8.75. The molecule has 0 saturated heterocycles. The van der Waals surface area contributed by atoms with Gasteiger partial charge in [-0.15, -0.1) is 0 Å². The van der Waals surface area contributed by atoms with Gasteiger partial charge in [-0.25, -0.2) is 4.98 Å². The highest BCUT2D eigenvalue weighted by Gasteiger charge is 2.01. The summed E-state index contributed by atoms with van der Waals surface area (Å²) < 4.78 is 10.5. The van der Waals surface area contributed by atoms with E-state index in [2.05, 4.69) is 9.97 Å². The Morgan fingerprint density at radius 3 is 2.75 bits per heavy atom. The highest BCUT2D eigenvalue weighted by Crippen LogP contribution is 2.22. The molecule has 16 heavy (non-hydrogen) atoms. The maximum Gasteiger partial charge on any atom is 0.323 e. The van der Waals surface area contributed by atoms with Crippen LogP contribution in [0, 0.1) is 0 Å². The van der Waals surface area contributed by atoms with Crippen molar-refractivity contribution in [3.8, 4) is 17.5 Å². The zero-order valence-electron chi connectivity index (χ0n) is 8.75. The van der Waals surface area contributed by atoms with E-state index >= 15 is 0 Å². The van der Waals surface area contributed by atoms with E-state index in [1.165, 1.54) is 6.20 Å². The minimum absolute atomic E-state index is 0.216. The molecule has 0 spiro atoms. The Hall–Kier alpha value is -2.30. The molecule has 1 heterocycles. The minimum atomic E-state index is 0.216. The number of nitrogens with two attached hydrogens (primary N) is 1. The van der Waals surface area contributed by atoms with Gasteiger partial charge in [-0.3, -0.25) is 0 Å². The van der Waals surface area contributed by atoms with E-state index in [0.717, 1.165) is 0 Å². The molecule has 2 rings (SSSR count). The van der Waals surface area contributed by atoms with Crippen molar-refractivity contribution in [2.75, 3.05) is 12.8 Å². The van der Waals surface area contributed by atoms with Crippen molar-refractivity contribution in [2.24, 2.45) is 0 Å². The molecule has 0 saturated carbocycles. The number of methoxy groups -OCH3 is 1. The van der Waals surface area contributed by atoms with Crippen LogP contribution >= 0.6 is 0 Å². The molecule has 2 N–H and O–H groups in total. The molecule has 0 aliphatic rings. The first-order valence-electron chi connectivity index (χ1n) is 4.68. The minimum Gasteiger partial charge on any atom is -0.497 e. The standard InChI is InChI=1S/C11H11N3O2/c1-15-8-3-2-4-9(7-8)16-11-13-6-5-10(12)14-11/h2-7H,1H3,(H2,12,13,14). The molecular weight excluding hydrogens is 206 g/mol. The third-order valence-corrected chi connectivity index (χ3v) is 1.91. The molecule has 2 aromatic rings. The Kier molecular flexibility index (Phi) is 2.86. The van der Waals surface area contributed by atoms with E-state index in [1.807, 2.05) is 12.1 Å². The summed E-state index contributed by atoms with van der Waals surface area (Å²) in [5.74, 6) is 1.68. The van der Waals surface area contributed by atoms with E-state index in [4.69, 9.17) is 15.2 Å². The van der Waals surface area contributed by atoms with Gasteiger partial charge in [-0.05, 0) is 18.2 Å². The zero-order chi connectivity index (χ0) is 11.4. The maximum absolute atomic E-state index is 5.51. The number of aromatic nitrogens is 2. The number of hydrogen-bond acceptors (Lipinski definition) is 5. The van der Waals surface area contributed by atoms with Crippen LogP contribution in [-0.4, -0.2) is 17.1 Å². The molecule has 0 bridgehead atoms. The van der Waals surface area contributed by atoms with Crippen LogP contribution in [0.25, 0.3) is 0 Å². The van der Waals surface area contributed by atoms with Gasteiger partial charge in [0.15, 0.2) is 0 Å². The number of rotatable bonds is 3. The molecular formula is C11H11N3O2. The van der Waals surface area contributed by atoms with Crippen LogP contribution in [0.4, 0.5) is 5.82 Å². The molecule has 0 aliphatic heterocycles.